The molecular formula is C44H36N2O. The molecule has 6 aromatic carbocycles. The normalized spacial score (nSPS) is 15.8. The largest absolute Gasteiger partial charge is 0.456 e. The lowest BCUT2D eigenvalue weighted by Crippen LogP contribution is -2.33. The highest BCUT2D eigenvalue weighted by atomic mass is 16.3. The van der Waals surface area contributed by atoms with Crippen molar-refractivity contribution in [2.45, 2.75) is 51.4 Å². The second kappa shape index (κ2) is 9.17. The summed E-state index contributed by atoms with van der Waals surface area (Å²) in [5.41, 5.74) is 12.3. The zero-order valence-corrected chi connectivity index (χ0v) is 27.3. The van der Waals surface area contributed by atoms with Gasteiger partial charge in [0.05, 0.1) is 22.1 Å². The number of hydrogen-bond acceptors (Lipinski definition) is 1. The molecule has 0 saturated heterocycles. The first kappa shape index (κ1) is 26.9. The van der Waals surface area contributed by atoms with Crippen LogP contribution in [0.5, 0.6) is 0 Å². The first-order valence-electron chi connectivity index (χ1n) is 16.8. The van der Waals surface area contributed by atoms with E-state index in [0.29, 0.717) is 0 Å². The van der Waals surface area contributed by atoms with Crippen LogP contribution >= 0.6 is 0 Å². The van der Waals surface area contributed by atoms with Crippen molar-refractivity contribution in [3.8, 4) is 11.4 Å². The van der Waals surface area contributed by atoms with Crippen LogP contribution in [-0.4, -0.2) is 9.13 Å². The topological polar surface area (TPSA) is 23.0 Å². The van der Waals surface area contributed by atoms with E-state index in [4.69, 9.17) is 4.42 Å². The standard InChI is InChI=1S/C44H36N2O/c1-43(2)22-23-44(3,4)35-26-38-33(25-34(35)43)41-37(45(38)27-12-6-5-7-13-27)20-19-31-29-14-8-10-16-36(29)46(42(31)41)28-18-21-40-32(24-28)30-15-9-11-17-39(30)47-40/h5-21,24-26H,22-23H2,1-4H3. The van der Waals surface area contributed by atoms with Crippen molar-refractivity contribution >= 4 is 65.6 Å². The molecule has 0 N–H and O–H groups in total. The maximum absolute atomic E-state index is 6.26. The summed E-state index contributed by atoms with van der Waals surface area (Å²) in [6.07, 6.45) is 2.37. The lowest BCUT2D eigenvalue weighted by atomic mass is 9.63. The highest BCUT2D eigenvalue weighted by Crippen LogP contribution is 2.50. The number of benzene rings is 6. The van der Waals surface area contributed by atoms with Gasteiger partial charge in [-0.1, -0.05) is 88.4 Å². The van der Waals surface area contributed by atoms with Crippen molar-refractivity contribution in [2.75, 3.05) is 0 Å². The van der Waals surface area contributed by atoms with Crippen LogP contribution in [0.15, 0.2) is 126 Å². The highest BCUT2D eigenvalue weighted by Gasteiger charge is 2.38. The average molecular weight is 609 g/mol. The SMILES string of the molecule is CC1(C)CCC(C)(C)c2cc3c(cc21)c1c(ccc2c4ccccc4n(-c4ccc5oc6ccccc6c5c4)c21)n3-c1ccccc1. The van der Waals surface area contributed by atoms with Gasteiger partial charge in [0.15, 0.2) is 0 Å². The fourth-order valence-electron chi connectivity index (χ4n) is 8.59. The van der Waals surface area contributed by atoms with Crippen molar-refractivity contribution in [1.82, 2.24) is 9.13 Å². The minimum Gasteiger partial charge on any atom is -0.456 e. The van der Waals surface area contributed by atoms with Gasteiger partial charge in [-0.2, -0.15) is 0 Å². The minimum absolute atomic E-state index is 0.105. The van der Waals surface area contributed by atoms with Gasteiger partial charge in [-0.25, -0.2) is 0 Å². The fourth-order valence-corrected chi connectivity index (χ4v) is 8.59. The number of furan rings is 1. The number of aromatic nitrogens is 2. The van der Waals surface area contributed by atoms with E-state index in [1.54, 1.807) is 0 Å². The van der Waals surface area contributed by atoms with Gasteiger partial charge < -0.3 is 13.6 Å². The number of para-hydroxylation sites is 3. The molecule has 228 valence electrons. The molecule has 0 spiro atoms. The third kappa shape index (κ3) is 3.63. The van der Waals surface area contributed by atoms with E-state index in [1.807, 2.05) is 6.07 Å². The summed E-state index contributed by atoms with van der Waals surface area (Å²) < 4.78 is 11.3. The Morgan fingerprint density at radius 2 is 1.15 bits per heavy atom. The molecule has 1 aliphatic rings. The van der Waals surface area contributed by atoms with E-state index in [9.17, 15) is 0 Å². The summed E-state index contributed by atoms with van der Waals surface area (Å²) >= 11 is 0. The van der Waals surface area contributed by atoms with Crippen molar-refractivity contribution in [3.05, 3.63) is 132 Å². The van der Waals surface area contributed by atoms with Gasteiger partial charge in [-0.3, -0.25) is 0 Å². The number of rotatable bonds is 2. The Labute approximate surface area is 273 Å². The van der Waals surface area contributed by atoms with E-state index in [2.05, 4.69) is 152 Å². The van der Waals surface area contributed by atoms with Crippen molar-refractivity contribution < 1.29 is 4.42 Å². The van der Waals surface area contributed by atoms with E-state index in [1.165, 1.54) is 73.3 Å². The average Bonchev–Trinajstić information content (AvgIpc) is 3.73. The minimum atomic E-state index is 0.105. The third-order valence-electron chi connectivity index (χ3n) is 11.2. The van der Waals surface area contributed by atoms with E-state index in [-0.39, 0.29) is 10.8 Å². The van der Waals surface area contributed by atoms with Crippen LogP contribution < -0.4 is 0 Å². The van der Waals surface area contributed by atoms with Crippen LogP contribution in [-0.2, 0) is 10.8 Å². The summed E-state index contributed by atoms with van der Waals surface area (Å²) in [6, 6.07) is 44.6. The summed E-state index contributed by atoms with van der Waals surface area (Å²) in [5, 5.41) is 7.44. The molecule has 1 aliphatic carbocycles. The number of nitrogens with zero attached hydrogens (tertiary/aromatic N) is 2. The Bertz CT molecular complexity index is 2730. The van der Waals surface area contributed by atoms with Gasteiger partial charge in [0.25, 0.3) is 0 Å². The quantitative estimate of drug-likeness (QED) is 0.191. The van der Waals surface area contributed by atoms with Crippen LogP contribution in [0.3, 0.4) is 0 Å². The van der Waals surface area contributed by atoms with E-state index >= 15 is 0 Å². The lowest BCUT2D eigenvalue weighted by Gasteiger charge is -2.42. The molecular weight excluding hydrogens is 572 g/mol. The van der Waals surface area contributed by atoms with Crippen molar-refractivity contribution in [2.24, 2.45) is 0 Å². The van der Waals surface area contributed by atoms with Crippen LogP contribution in [0.25, 0.3) is 76.9 Å². The summed E-state index contributed by atoms with van der Waals surface area (Å²) in [6.45, 7) is 9.71. The lowest BCUT2D eigenvalue weighted by molar-refractivity contribution is 0.332. The molecule has 0 unspecified atom stereocenters. The fraction of sp³-hybridized carbons (Fsp3) is 0.182. The number of fused-ring (bicyclic) bond motifs is 11. The molecule has 0 fully saturated rings. The maximum Gasteiger partial charge on any atom is 0.135 e. The number of hydrogen-bond donors (Lipinski definition) is 0. The molecule has 3 aromatic heterocycles. The predicted molar refractivity (Wildman–Crippen MR) is 198 cm³/mol. The second-order valence-electron chi connectivity index (χ2n) is 14.8. The van der Waals surface area contributed by atoms with Crippen molar-refractivity contribution in [1.29, 1.82) is 0 Å². The zero-order valence-electron chi connectivity index (χ0n) is 27.3. The molecule has 0 atom stereocenters. The van der Waals surface area contributed by atoms with Crippen molar-refractivity contribution in [3.63, 3.8) is 0 Å². The third-order valence-corrected chi connectivity index (χ3v) is 11.2. The highest BCUT2D eigenvalue weighted by molar-refractivity contribution is 6.26. The van der Waals surface area contributed by atoms with E-state index < -0.39 is 0 Å². The Morgan fingerprint density at radius 3 is 1.96 bits per heavy atom. The molecule has 47 heavy (non-hydrogen) atoms. The molecule has 10 rings (SSSR count). The zero-order chi connectivity index (χ0) is 31.7. The molecule has 9 aromatic rings. The molecule has 0 radical (unpaired) electrons. The summed E-state index contributed by atoms with van der Waals surface area (Å²) in [7, 11) is 0. The smallest absolute Gasteiger partial charge is 0.135 e. The van der Waals surface area contributed by atoms with Crippen LogP contribution in [0.4, 0.5) is 0 Å². The molecule has 0 bridgehead atoms. The molecule has 0 amide bonds. The first-order valence-corrected chi connectivity index (χ1v) is 16.8. The molecule has 3 heteroatoms. The van der Waals surface area contributed by atoms with E-state index in [0.717, 1.165) is 27.6 Å². The second-order valence-corrected chi connectivity index (χ2v) is 14.8. The monoisotopic (exact) mass is 608 g/mol. The van der Waals surface area contributed by atoms with Crippen LogP contribution in [0.2, 0.25) is 0 Å². The summed E-state index contributed by atoms with van der Waals surface area (Å²) in [4.78, 5) is 0. The molecule has 0 saturated carbocycles. The van der Waals surface area contributed by atoms with Gasteiger partial charge in [0, 0.05) is 43.7 Å². The Morgan fingerprint density at radius 1 is 0.468 bits per heavy atom. The van der Waals surface area contributed by atoms with Gasteiger partial charge >= 0.3 is 0 Å². The molecule has 0 aliphatic heterocycles. The maximum atomic E-state index is 6.26. The summed E-state index contributed by atoms with van der Waals surface area (Å²) in [5.74, 6) is 0. The molecule has 3 heterocycles. The van der Waals surface area contributed by atoms with Gasteiger partial charge in [0.2, 0.25) is 0 Å². The Kier molecular flexibility index (Phi) is 5.24. The van der Waals surface area contributed by atoms with Crippen LogP contribution in [0.1, 0.15) is 51.7 Å². The molecule has 3 nitrogen and oxygen atoms in total. The van der Waals surface area contributed by atoms with Gasteiger partial charge in [-0.15, -0.1) is 0 Å². The van der Waals surface area contributed by atoms with Gasteiger partial charge in [-0.05, 0) is 95.5 Å². The predicted octanol–water partition coefficient (Wildman–Crippen LogP) is 12.1. The van der Waals surface area contributed by atoms with Crippen LogP contribution in [0, 0.1) is 0 Å². The Balaban J connectivity index is 1.42. The first-order chi connectivity index (χ1) is 22.8. The Hall–Kier alpha value is -5.28. The van der Waals surface area contributed by atoms with Gasteiger partial charge in [0.1, 0.15) is 11.2 Å².